The maximum absolute atomic E-state index is 3.92. The van der Waals surface area contributed by atoms with Crippen LogP contribution in [0.3, 0.4) is 0 Å². The molecule has 2 aliphatic heterocycles. The number of anilines is 1. The highest BCUT2D eigenvalue weighted by atomic mass is 15.2. The Morgan fingerprint density at radius 3 is 2.68 bits per heavy atom. The number of nitrogens with one attached hydrogen (secondary N) is 1. The van der Waals surface area contributed by atoms with Crippen LogP contribution in [-0.4, -0.2) is 30.1 Å². The molecule has 1 aromatic carbocycles. The zero-order chi connectivity index (χ0) is 13.6. The molecule has 4 atom stereocenters. The summed E-state index contributed by atoms with van der Waals surface area (Å²) in [6, 6.07) is 9.52. The molecule has 104 valence electrons. The fourth-order valence-electron chi connectivity index (χ4n) is 4.15. The van der Waals surface area contributed by atoms with E-state index in [-0.39, 0.29) is 0 Å². The van der Waals surface area contributed by atoms with Gasteiger partial charge < -0.3 is 10.2 Å². The van der Waals surface area contributed by atoms with E-state index in [0.717, 1.165) is 0 Å². The Balaban J connectivity index is 1.95. The van der Waals surface area contributed by atoms with E-state index in [0.29, 0.717) is 23.4 Å². The number of benzene rings is 1. The first-order valence-electron chi connectivity index (χ1n) is 7.59. The van der Waals surface area contributed by atoms with E-state index in [9.17, 15) is 0 Å². The van der Waals surface area contributed by atoms with E-state index in [4.69, 9.17) is 0 Å². The van der Waals surface area contributed by atoms with Gasteiger partial charge in [0, 0.05) is 23.8 Å². The zero-order valence-corrected chi connectivity index (χ0v) is 12.6. The van der Waals surface area contributed by atoms with Gasteiger partial charge in [-0.25, -0.2) is 0 Å². The molecule has 1 saturated heterocycles. The van der Waals surface area contributed by atoms with Crippen LogP contribution in [0, 0.1) is 5.92 Å². The Kier molecular flexibility index (Phi) is 3.09. The second-order valence-corrected chi connectivity index (χ2v) is 6.87. The lowest BCUT2D eigenvalue weighted by Gasteiger charge is -2.53. The molecule has 0 unspecified atom stereocenters. The van der Waals surface area contributed by atoms with Crippen LogP contribution >= 0.6 is 0 Å². The third-order valence-corrected chi connectivity index (χ3v) is 5.46. The highest BCUT2D eigenvalue weighted by molar-refractivity contribution is 5.57. The molecule has 1 N–H and O–H groups in total. The van der Waals surface area contributed by atoms with Crippen LogP contribution in [0.4, 0.5) is 5.69 Å². The number of piperidine rings is 1. The average molecular weight is 258 g/mol. The molecule has 0 aliphatic carbocycles. The minimum Gasteiger partial charge on any atom is -0.379 e. The summed E-state index contributed by atoms with van der Waals surface area (Å²) in [4.78, 5) is 2.50. The largest absolute Gasteiger partial charge is 0.379 e. The van der Waals surface area contributed by atoms with Crippen molar-refractivity contribution in [1.29, 1.82) is 0 Å². The van der Waals surface area contributed by atoms with Gasteiger partial charge >= 0.3 is 0 Å². The summed E-state index contributed by atoms with van der Waals surface area (Å²) in [7, 11) is 2.26. The van der Waals surface area contributed by atoms with Crippen molar-refractivity contribution in [3.05, 3.63) is 29.8 Å². The number of fused-ring (bicyclic) bond motifs is 1. The van der Waals surface area contributed by atoms with Crippen molar-refractivity contribution in [3.63, 3.8) is 0 Å². The number of para-hydroxylation sites is 1. The highest BCUT2D eigenvalue weighted by Gasteiger charge is 2.45. The van der Waals surface area contributed by atoms with Gasteiger partial charge in [-0.1, -0.05) is 32.0 Å². The van der Waals surface area contributed by atoms with E-state index < -0.39 is 0 Å². The summed E-state index contributed by atoms with van der Waals surface area (Å²) < 4.78 is 0. The summed E-state index contributed by atoms with van der Waals surface area (Å²) in [5.41, 5.74) is 3.15. The van der Waals surface area contributed by atoms with Crippen molar-refractivity contribution < 1.29 is 0 Å². The first-order valence-corrected chi connectivity index (χ1v) is 7.59. The molecule has 0 aromatic heterocycles. The van der Waals surface area contributed by atoms with Crippen LogP contribution in [0.5, 0.6) is 0 Å². The Bertz CT molecular complexity index is 470. The van der Waals surface area contributed by atoms with Gasteiger partial charge in [-0.3, -0.25) is 0 Å². The van der Waals surface area contributed by atoms with Crippen molar-refractivity contribution in [1.82, 2.24) is 4.90 Å². The molecule has 0 amide bonds. The fourth-order valence-corrected chi connectivity index (χ4v) is 4.15. The third-order valence-electron chi connectivity index (χ3n) is 5.46. The number of hydrogen-bond acceptors (Lipinski definition) is 2. The third kappa shape index (κ3) is 2.06. The van der Waals surface area contributed by atoms with E-state index in [2.05, 4.69) is 62.3 Å². The molecule has 2 heterocycles. The molecule has 2 nitrogen and oxygen atoms in total. The van der Waals surface area contributed by atoms with Gasteiger partial charge in [0.2, 0.25) is 0 Å². The smallest absolute Gasteiger partial charge is 0.0432 e. The Morgan fingerprint density at radius 2 is 1.89 bits per heavy atom. The zero-order valence-electron chi connectivity index (χ0n) is 12.6. The van der Waals surface area contributed by atoms with Crippen molar-refractivity contribution >= 4 is 5.69 Å². The lowest BCUT2D eigenvalue weighted by Crippen LogP contribution is -2.59. The van der Waals surface area contributed by atoms with Crippen LogP contribution in [0.2, 0.25) is 0 Å². The van der Waals surface area contributed by atoms with Crippen LogP contribution in [0.25, 0.3) is 0 Å². The summed E-state index contributed by atoms with van der Waals surface area (Å²) >= 11 is 0. The molecule has 0 radical (unpaired) electrons. The van der Waals surface area contributed by atoms with E-state index in [1.54, 1.807) is 0 Å². The maximum atomic E-state index is 3.92. The van der Waals surface area contributed by atoms with Crippen molar-refractivity contribution in [2.45, 2.75) is 51.1 Å². The maximum Gasteiger partial charge on any atom is 0.0432 e. The van der Waals surface area contributed by atoms with E-state index in [1.807, 2.05) is 0 Å². The van der Waals surface area contributed by atoms with Crippen LogP contribution < -0.4 is 5.32 Å². The first-order chi connectivity index (χ1) is 9.02. The molecular formula is C17H26N2. The molecule has 19 heavy (non-hydrogen) atoms. The van der Waals surface area contributed by atoms with Gasteiger partial charge in [-0.05, 0) is 50.3 Å². The Hall–Kier alpha value is -1.02. The van der Waals surface area contributed by atoms with Gasteiger partial charge in [-0.15, -0.1) is 0 Å². The number of hydrogen-bond donors (Lipinski definition) is 1. The van der Waals surface area contributed by atoms with Gasteiger partial charge in [0.25, 0.3) is 0 Å². The van der Waals surface area contributed by atoms with Crippen molar-refractivity contribution in [3.8, 4) is 0 Å². The number of nitrogens with zero attached hydrogens (tertiary/aromatic N) is 1. The Labute approximate surface area is 117 Å². The molecule has 1 fully saturated rings. The predicted molar refractivity (Wildman–Crippen MR) is 81.7 cm³/mol. The standard InChI is InChI=1S/C17H26N2/c1-12-9-17(10-14(3)19(4)11-13(17)2)18-16-8-6-5-7-15(12)16/h5-8,12-14,18H,9-11H2,1-4H3/t12-,13-,14-,17-/m0/s1. The van der Waals surface area contributed by atoms with Gasteiger partial charge in [-0.2, -0.15) is 0 Å². The fraction of sp³-hybridized carbons (Fsp3) is 0.647. The monoisotopic (exact) mass is 258 g/mol. The average Bonchev–Trinajstić information content (AvgIpc) is 2.37. The molecule has 1 spiro atoms. The van der Waals surface area contributed by atoms with Gasteiger partial charge in [0.1, 0.15) is 0 Å². The highest BCUT2D eigenvalue weighted by Crippen LogP contribution is 2.46. The summed E-state index contributed by atoms with van der Waals surface area (Å²) in [6.07, 6.45) is 2.52. The van der Waals surface area contributed by atoms with E-state index in [1.165, 1.54) is 30.6 Å². The van der Waals surface area contributed by atoms with Crippen LogP contribution in [0.1, 0.15) is 45.1 Å². The van der Waals surface area contributed by atoms with Gasteiger partial charge in [0.15, 0.2) is 0 Å². The molecule has 2 heteroatoms. The van der Waals surface area contributed by atoms with Gasteiger partial charge in [0.05, 0.1) is 0 Å². The normalized spacial score (nSPS) is 38.8. The first kappa shape index (κ1) is 13.0. The molecular weight excluding hydrogens is 232 g/mol. The SMILES string of the molecule is C[C@H]1C[C@@]2(C[C@H](C)N(C)C[C@@H]2C)Nc2ccccc21. The topological polar surface area (TPSA) is 15.3 Å². The van der Waals surface area contributed by atoms with Crippen molar-refractivity contribution in [2.24, 2.45) is 5.92 Å². The number of rotatable bonds is 0. The van der Waals surface area contributed by atoms with Crippen LogP contribution in [0.15, 0.2) is 24.3 Å². The lowest BCUT2D eigenvalue weighted by atomic mass is 9.68. The predicted octanol–water partition coefficient (Wildman–Crippen LogP) is 3.70. The summed E-state index contributed by atoms with van der Waals surface area (Å²) in [6.45, 7) is 8.36. The lowest BCUT2D eigenvalue weighted by molar-refractivity contribution is 0.0803. The summed E-state index contributed by atoms with van der Waals surface area (Å²) in [5.74, 6) is 1.36. The van der Waals surface area contributed by atoms with Crippen molar-refractivity contribution in [2.75, 3.05) is 18.9 Å². The second kappa shape index (κ2) is 4.52. The number of likely N-dealkylation sites (tertiary alicyclic amines) is 1. The molecule has 1 aromatic rings. The Morgan fingerprint density at radius 1 is 1.16 bits per heavy atom. The minimum atomic E-state index is 0.291. The minimum absolute atomic E-state index is 0.291. The van der Waals surface area contributed by atoms with E-state index >= 15 is 0 Å². The molecule has 0 bridgehead atoms. The quantitative estimate of drug-likeness (QED) is 0.763. The molecule has 0 saturated carbocycles. The molecule has 2 aliphatic rings. The summed E-state index contributed by atoms with van der Waals surface area (Å²) in [5, 5.41) is 3.92. The second-order valence-electron chi connectivity index (χ2n) is 6.87. The van der Waals surface area contributed by atoms with Crippen LogP contribution in [-0.2, 0) is 0 Å². The molecule has 3 rings (SSSR count).